The van der Waals surface area contributed by atoms with Crippen LogP contribution in [0.15, 0.2) is 22.8 Å². The Morgan fingerprint density at radius 2 is 2.00 bits per heavy atom. The zero-order valence-electron chi connectivity index (χ0n) is 8.53. The van der Waals surface area contributed by atoms with Crippen molar-refractivity contribution in [1.29, 1.82) is 0 Å². The summed E-state index contributed by atoms with van der Waals surface area (Å²) in [6.45, 7) is 0. The van der Waals surface area contributed by atoms with Crippen LogP contribution < -0.4 is 0 Å². The highest BCUT2D eigenvalue weighted by atomic mass is 19.4. The molecule has 0 aliphatic heterocycles. The number of halogens is 3. The molecule has 0 aliphatic rings. The summed E-state index contributed by atoms with van der Waals surface area (Å²) >= 11 is 0. The van der Waals surface area contributed by atoms with Crippen LogP contribution in [0.5, 0.6) is 0 Å². The van der Waals surface area contributed by atoms with Gasteiger partial charge in [0.2, 0.25) is 0 Å². The van der Waals surface area contributed by atoms with Gasteiger partial charge in [-0.1, -0.05) is 0 Å². The summed E-state index contributed by atoms with van der Waals surface area (Å²) in [5.74, 6) is -4.86. The van der Waals surface area contributed by atoms with Crippen LogP contribution in [0.25, 0.3) is 0 Å². The van der Waals surface area contributed by atoms with E-state index in [0.717, 1.165) is 6.26 Å². The van der Waals surface area contributed by atoms with Gasteiger partial charge in [-0.15, -0.1) is 0 Å². The van der Waals surface area contributed by atoms with Gasteiger partial charge < -0.3 is 9.52 Å². The summed E-state index contributed by atoms with van der Waals surface area (Å²) in [5.41, 5.74) is 0. The second-order valence-electron chi connectivity index (χ2n) is 3.44. The summed E-state index contributed by atoms with van der Waals surface area (Å²) < 4.78 is 42.0. The quantitative estimate of drug-likeness (QED) is 0.815. The van der Waals surface area contributed by atoms with E-state index in [2.05, 4.69) is 4.42 Å². The maximum Gasteiger partial charge on any atom is 0.392 e. The summed E-state index contributed by atoms with van der Waals surface area (Å²) in [6, 6.07) is 2.60. The number of hydrogen-bond donors (Lipinski definition) is 1. The Morgan fingerprint density at radius 1 is 1.35 bits per heavy atom. The smallest absolute Gasteiger partial charge is 0.392 e. The van der Waals surface area contributed by atoms with Gasteiger partial charge in [-0.05, 0) is 12.1 Å². The molecule has 0 amide bonds. The first-order chi connectivity index (χ1) is 7.80. The van der Waals surface area contributed by atoms with Crippen LogP contribution in [0.4, 0.5) is 13.2 Å². The molecule has 1 aromatic heterocycles. The molecule has 17 heavy (non-hydrogen) atoms. The number of carbonyl (C=O) groups is 2. The number of carboxylic acids is 1. The summed E-state index contributed by atoms with van der Waals surface area (Å²) in [5, 5.41) is 8.36. The lowest BCUT2D eigenvalue weighted by atomic mass is 9.97. The minimum absolute atomic E-state index is 0.204. The zero-order valence-corrected chi connectivity index (χ0v) is 8.53. The Balaban J connectivity index is 2.73. The van der Waals surface area contributed by atoms with E-state index in [1.165, 1.54) is 12.1 Å². The molecule has 0 saturated carbocycles. The molecule has 1 rings (SSSR count). The van der Waals surface area contributed by atoms with Crippen molar-refractivity contribution in [2.24, 2.45) is 5.92 Å². The van der Waals surface area contributed by atoms with Gasteiger partial charge in [0.05, 0.1) is 18.6 Å². The highest BCUT2D eigenvalue weighted by molar-refractivity contribution is 5.93. The minimum Gasteiger partial charge on any atom is -0.481 e. The first-order valence-corrected chi connectivity index (χ1v) is 4.66. The predicted molar refractivity (Wildman–Crippen MR) is 49.5 cm³/mol. The van der Waals surface area contributed by atoms with Crippen molar-refractivity contribution >= 4 is 11.8 Å². The van der Waals surface area contributed by atoms with Gasteiger partial charge in [0.25, 0.3) is 0 Å². The molecule has 0 fully saturated rings. The number of furan rings is 1. The molecular weight excluding hydrogens is 241 g/mol. The highest BCUT2D eigenvalue weighted by Gasteiger charge is 2.42. The van der Waals surface area contributed by atoms with Gasteiger partial charge >= 0.3 is 12.1 Å². The van der Waals surface area contributed by atoms with Crippen molar-refractivity contribution in [2.75, 3.05) is 0 Å². The lowest BCUT2D eigenvalue weighted by Gasteiger charge is -2.16. The van der Waals surface area contributed by atoms with Gasteiger partial charge in [-0.25, -0.2) is 0 Å². The van der Waals surface area contributed by atoms with E-state index in [0.29, 0.717) is 0 Å². The fraction of sp³-hybridized carbons (Fsp3) is 0.400. The Morgan fingerprint density at radius 3 is 2.41 bits per heavy atom. The second kappa shape index (κ2) is 5.03. The highest BCUT2D eigenvalue weighted by Crippen LogP contribution is 2.32. The molecule has 7 heteroatoms. The third kappa shape index (κ3) is 3.93. The lowest BCUT2D eigenvalue weighted by Crippen LogP contribution is -2.28. The molecule has 94 valence electrons. The van der Waals surface area contributed by atoms with E-state index in [-0.39, 0.29) is 5.76 Å². The number of carbonyl (C=O) groups excluding carboxylic acids is 1. The molecule has 0 radical (unpaired) electrons. The van der Waals surface area contributed by atoms with Crippen molar-refractivity contribution in [3.8, 4) is 0 Å². The van der Waals surface area contributed by atoms with Crippen LogP contribution in [0, 0.1) is 5.92 Å². The fourth-order valence-electron chi connectivity index (χ4n) is 1.28. The lowest BCUT2D eigenvalue weighted by molar-refractivity contribution is -0.182. The fourth-order valence-corrected chi connectivity index (χ4v) is 1.28. The topological polar surface area (TPSA) is 67.5 Å². The average molecular weight is 250 g/mol. The van der Waals surface area contributed by atoms with E-state index in [1.807, 2.05) is 0 Å². The van der Waals surface area contributed by atoms with Crippen LogP contribution in [-0.4, -0.2) is 23.0 Å². The zero-order chi connectivity index (χ0) is 13.1. The average Bonchev–Trinajstić information content (AvgIpc) is 2.66. The van der Waals surface area contributed by atoms with Gasteiger partial charge in [0, 0.05) is 6.42 Å². The van der Waals surface area contributed by atoms with Crippen molar-refractivity contribution < 1.29 is 32.3 Å². The third-order valence-corrected chi connectivity index (χ3v) is 2.11. The number of Topliss-reactive ketones (excluding diaryl/α,β-unsaturated/α-hetero) is 1. The van der Waals surface area contributed by atoms with Crippen LogP contribution >= 0.6 is 0 Å². The van der Waals surface area contributed by atoms with Crippen LogP contribution in [-0.2, 0) is 4.79 Å². The Hall–Kier alpha value is -1.79. The van der Waals surface area contributed by atoms with Crippen molar-refractivity contribution in [3.05, 3.63) is 24.2 Å². The molecule has 0 aromatic carbocycles. The van der Waals surface area contributed by atoms with E-state index in [1.54, 1.807) is 0 Å². The van der Waals surface area contributed by atoms with Crippen molar-refractivity contribution in [2.45, 2.75) is 19.0 Å². The van der Waals surface area contributed by atoms with E-state index < -0.39 is 36.7 Å². The van der Waals surface area contributed by atoms with E-state index in [9.17, 15) is 22.8 Å². The number of aliphatic carboxylic acids is 1. The van der Waals surface area contributed by atoms with Gasteiger partial charge in [-0.2, -0.15) is 13.2 Å². The standard InChI is InChI=1S/C10H9F3O4/c11-10(12,13)6(5-9(15)16)4-7(14)8-2-1-3-17-8/h1-3,6H,4-5H2,(H,15,16)/t6-/m1/s1. The molecule has 0 spiro atoms. The molecule has 0 bridgehead atoms. The second-order valence-corrected chi connectivity index (χ2v) is 3.44. The number of alkyl halides is 3. The first kappa shape index (κ1) is 13.3. The summed E-state index contributed by atoms with van der Waals surface area (Å²) in [4.78, 5) is 21.6. The number of rotatable bonds is 5. The molecule has 1 N–H and O–H groups in total. The maximum absolute atomic E-state index is 12.4. The molecule has 4 nitrogen and oxygen atoms in total. The van der Waals surface area contributed by atoms with Crippen LogP contribution in [0.3, 0.4) is 0 Å². The SMILES string of the molecule is O=C(O)C[C@@H](CC(=O)c1ccco1)C(F)(F)F. The number of ketones is 1. The first-order valence-electron chi connectivity index (χ1n) is 4.66. The monoisotopic (exact) mass is 250 g/mol. The largest absolute Gasteiger partial charge is 0.481 e. The Bertz CT molecular complexity index is 394. The minimum atomic E-state index is -4.72. The molecule has 0 unspecified atom stereocenters. The Labute approximate surface area is 94.0 Å². The van der Waals surface area contributed by atoms with Crippen molar-refractivity contribution in [1.82, 2.24) is 0 Å². The van der Waals surface area contributed by atoms with Gasteiger partial charge in [-0.3, -0.25) is 9.59 Å². The summed E-state index contributed by atoms with van der Waals surface area (Å²) in [7, 11) is 0. The molecule has 1 heterocycles. The maximum atomic E-state index is 12.4. The molecule has 1 atom stereocenters. The molecule has 0 saturated heterocycles. The third-order valence-electron chi connectivity index (χ3n) is 2.11. The summed E-state index contributed by atoms with van der Waals surface area (Å²) in [6.07, 6.45) is -5.62. The number of carboxylic acid groups (broad SMARTS) is 1. The van der Waals surface area contributed by atoms with E-state index in [4.69, 9.17) is 5.11 Å². The molecular formula is C10H9F3O4. The van der Waals surface area contributed by atoms with Gasteiger partial charge in [0.15, 0.2) is 11.5 Å². The molecule has 0 aliphatic carbocycles. The van der Waals surface area contributed by atoms with Crippen LogP contribution in [0.1, 0.15) is 23.4 Å². The predicted octanol–water partition coefficient (Wildman–Crippen LogP) is 2.51. The number of hydrogen-bond acceptors (Lipinski definition) is 3. The van der Waals surface area contributed by atoms with Crippen LogP contribution in [0.2, 0.25) is 0 Å². The van der Waals surface area contributed by atoms with Gasteiger partial charge in [0.1, 0.15) is 0 Å². The normalized spacial score (nSPS) is 13.4. The van der Waals surface area contributed by atoms with Crippen molar-refractivity contribution in [3.63, 3.8) is 0 Å². The molecule has 1 aromatic rings. The van der Waals surface area contributed by atoms with E-state index >= 15 is 0 Å². The Kier molecular flexibility index (Phi) is 3.93.